The standard InChI is InChI=1S/C15H23FN2/c1-17-10-15(12-5-7-14(16)8-6-12)13-4-3-9-18(2)11-13/h5-8,13,15,17H,3-4,9-11H2,1-2H3. The Morgan fingerprint density at radius 3 is 2.72 bits per heavy atom. The number of nitrogens with one attached hydrogen (secondary N) is 1. The van der Waals surface area contributed by atoms with Crippen molar-refractivity contribution in [2.45, 2.75) is 18.8 Å². The zero-order chi connectivity index (χ0) is 13.0. The summed E-state index contributed by atoms with van der Waals surface area (Å²) in [6, 6.07) is 7.02. The molecule has 0 amide bonds. The van der Waals surface area contributed by atoms with E-state index in [0.717, 1.165) is 13.1 Å². The van der Waals surface area contributed by atoms with Crippen molar-refractivity contribution >= 4 is 0 Å². The lowest BCUT2D eigenvalue weighted by molar-refractivity contribution is 0.186. The molecule has 0 aliphatic carbocycles. The minimum atomic E-state index is -0.150. The fraction of sp³-hybridized carbons (Fsp3) is 0.600. The first-order chi connectivity index (χ1) is 8.70. The van der Waals surface area contributed by atoms with Gasteiger partial charge in [-0.1, -0.05) is 12.1 Å². The Morgan fingerprint density at radius 2 is 2.11 bits per heavy atom. The molecule has 2 atom stereocenters. The average Bonchev–Trinajstić information content (AvgIpc) is 2.37. The molecule has 0 saturated carbocycles. The van der Waals surface area contributed by atoms with Crippen molar-refractivity contribution in [1.82, 2.24) is 10.2 Å². The first kappa shape index (κ1) is 13.5. The number of hydrogen-bond acceptors (Lipinski definition) is 2. The number of halogens is 1. The molecule has 1 aromatic carbocycles. The van der Waals surface area contributed by atoms with E-state index in [-0.39, 0.29) is 5.82 Å². The molecule has 2 nitrogen and oxygen atoms in total. The molecular formula is C15H23FN2. The lowest BCUT2D eigenvalue weighted by Gasteiger charge is -2.35. The van der Waals surface area contributed by atoms with E-state index in [1.807, 2.05) is 19.2 Å². The van der Waals surface area contributed by atoms with Crippen LogP contribution in [-0.2, 0) is 0 Å². The summed E-state index contributed by atoms with van der Waals surface area (Å²) < 4.78 is 13.0. The Balaban J connectivity index is 2.13. The monoisotopic (exact) mass is 250 g/mol. The molecule has 0 radical (unpaired) electrons. The van der Waals surface area contributed by atoms with E-state index in [1.54, 1.807) is 12.1 Å². The van der Waals surface area contributed by atoms with Crippen LogP contribution >= 0.6 is 0 Å². The summed E-state index contributed by atoms with van der Waals surface area (Å²) in [6.07, 6.45) is 2.54. The van der Waals surface area contributed by atoms with Crippen LogP contribution in [0.1, 0.15) is 24.3 Å². The summed E-state index contributed by atoms with van der Waals surface area (Å²) >= 11 is 0. The Bertz CT molecular complexity index is 363. The maximum atomic E-state index is 13.0. The van der Waals surface area contributed by atoms with Crippen molar-refractivity contribution in [3.8, 4) is 0 Å². The number of likely N-dealkylation sites (tertiary alicyclic amines) is 1. The van der Waals surface area contributed by atoms with Gasteiger partial charge < -0.3 is 10.2 Å². The zero-order valence-electron chi connectivity index (χ0n) is 11.3. The highest BCUT2D eigenvalue weighted by molar-refractivity contribution is 5.22. The van der Waals surface area contributed by atoms with Gasteiger partial charge in [0, 0.05) is 19.0 Å². The van der Waals surface area contributed by atoms with E-state index in [4.69, 9.17) is 0 Å². The lowest BCUT2D eigenvalue weighted by atomic mass is 9.81. The van der Waals surface area contributed by atoms with Crippen molar-refractivity contribution in [3.63, 3.8) is 0 Å². The van der Waals surface area contributed by atoms with Crippen LogP contribution in [0.15, 0.2) is 24.3 Å². The molecule has 1 aromatic rings. The van der Waals surface area contributed by atoms with E-state index in [0.29, 0.717) is 11.8 Å². The van der Waals surface area contributed by atoms with E-state index < -0.39 is 0 Å². The van der Waals surface area contributed by atoms with Crippen LogP contribution in [0.5, 0.6) is 0 Å². The van der Waals surface area contributed by atoms with E-state index in [9.17, 15) is 4.39 Å². The van der Waals surface area contributed by atoms with Gasteiger partial charge in [-0.25, -0.2) is 4.39 Å². The molecule has 1 saturated heterocycles. The third kappa shape index (κ3) is 3.30. The zero-order valence-corrected chi connectivity index (χ0v) is 11.3. The normalized spacial score (nSPS) is 22.9. The van der Waals surface area contributed by atoms with E-state index in [1.165, 1.54) is 24.9 Å². The molecule has 18 heavy (non-hydrogen) atoms. The maximum Gasteiger partial charge on any atom is 0.123 e. The second-order valence-electron chi connectivity index (χ2n) is 5.38. The van der Waals surface area contributed by atoms with Crippen molar-refractivity contribution < 1.29 is 4.39 Å². The molecule has 1 heterocycles. The van der Waals surface area contributed by atoms with Crippen LogP contribution in [0.25, 0.3) is 0 Å². The van der Waals surface area contributed by atoms with Crippen molar-refractivity contribution in [2.75, 3.05) is 33.7 Å². The number of nitrogens with zero attached hydrogens (tertiary/aromatic N) is 1. The molecule has 1 fully saturated rings. The van der Waals surface area contributed by atoms with Crippen LogP contribution in [0.3, 0.4) is 0 Å². The van der Waals surface area contributed by atoms with Gasteiger partial charge in [0.2, 0.25) is 0 Å². The number of benzene rings is 1. The molecule has 1 N–H and O–H groups in total. The van der Waals surface area contributed by atoms with Gasteiger partial charge >= 0.3 is 0 Å². The highest BCUT2D eigenvalue weighted by atomic mass is 19.1. The maximum absolute atomic E-state index is 13.0. The highest BCUT2D eigenvalue weighted by Crippen LogP contribution is 2.31. The van der Waals surface area contributed by atoms with Crippen molar-refractivity contribution in [3.05, 3.63) is 35.6 Å². The van der Waals surface area contributed by atoms with Gasteiger partial charge in [-0.15, -0.1) is 0 Å². The number of rotatable bonds is 4. The predicted molar refractivity (Wildman–Crippen MR) is 73.3 cm³/mol. The Hall–Kier alpha value is -0.930. The number of likely N-dealkylation sites (N-methyl/N-ethyl adjacent to an activating group) is 1. The topological polar surface area (TPSA) is 15.3 Å². The van der Waals surface area contributed by atoms with Crippen molar-refractivity contribution in [2.24, 2.45) is 5.92 Å². The Morgan fingerprint density at radius 1 is 1.39 bits per heavy atom. The third-order valence-electron chi connectivity index (χ3n) is 3.95. The predicted octanol–water partition coefficient (Wildman–Crippen LogP) is 2.47. The van der Waals surface area contributed by atoms with Crippen LogP contribution in [0.2, 0.25) is 0 Å². The second-order valence-corrected chi connectivity index (χ2v) is 5.38. The lowest BCUT2D eigenvalue weighted by Crippen LogP contribution is -2.37. The molecule has 0 aromatic heterocycles. The molecule has 0 bridgehead atoms. The molecule has 1 aliphatic rings. The van der Waals surface area contributed by atoms with Crippen LogP contribution in [0.4, 0.5) is 4.39 Å². The Kier molecular flexibility index (Phi) is 4.72. The summed E-state index contributed by atoms with van der Waals surface area (Å²) in [5.74, 6) is 1.00. The summed E-state index contributed by atoms with van der Waals surface area (Å²) in [4.78, 5) is 2.40. The van der Waals surface area contributed by atoms with Gasteiger partial charge in [0.25, 0.3) is 0 Å². The fourth-order valence-corrected chi connectivity index (χ4v) is 3.02. The average molecular weight is 250 g/mol. The Labute approximate surface area is 109 Å². The van der Waals surface area contributed by atoms with Crippen LogP contribution in [0, 0.1) is 11.7 Å². The molecule has 0 spiro atoms. The van der Waals surface area contributed by atoms with Gasteiger partial charge in [0.1, 0.15) is 5.82 Å². The summed E-state index contributed by atoms with van der Waals surface area (Å²) in [5, 5.41) is 3.28. The highest BCUT2D eigenvalue weighted by Gasteiger charge is 2.26. The van der Waals surface area contributed by atoms with E-state index in [2.05, 4.69) is 17.3 Å². The quantitative estimate of drug-likeness (QED) is 0.883. The first-order valence-corrected chi connectivity index (χ1v) is 6.79. The first-order valence-electron chi connectivity index (χ1n) is 6.79. The minimum Gasteiger partial charge on any atom is -0.319 e. The van der Waals surface area contributed by atoms with Gasteiger partial charge in [-0.2, -0.15) is 0 Å². The molecule has 1 aliphatic heterocycles. The molecule has 2 unspecified atom stereocenters. The number of hydrogen-bond donors (Lipinski definition) is 1. The third-order valence-corrected chi connectivity index (χ3v) is 3.95. The smallest absolute Gasteiger partial charge is 0.123 e. The minimum absolute atomic E-state index is 0.150. The van der Waals surface area contributed by atoms with Gasteiger partial charge in [-0.05, 0) is 57.1 Å². The molecule has 2 rings (SSSR count). The molecule has 100 valence electrons. The van der Waals surface area contributed by atoms with Gasteiger partial charge in [-0.3, -0.25) is 0 Å². The summed E-state index contributed by atoms with van der Waals surface area (Å²) in [7, 11) is 4.18. The fourth-order valence-electron chi connectivity index (χ4n) is 3.02. The van der Waals surface area contributed by atoms with Crippen LogP contribution in [-0.4, -0.2) is 38.6 Å². The van der Waals surface area contributed by atoms with Crippen molar-refractivity contribution in [1.29, 1.82) is 0 Å². The summed E-state index contributed by atoms with van der Waals surface area (Å²) in [6.45, 7) is 3.31. The SMILES string of the molecule is CNCC(c1ccc(F)cc1)C1CCCN(C)C1. The largest absolute Gasteiger partial charge is 0.319 e. The molecule has 3 heteroatoms. The van der Waals surface area contributed by atoms with E-state index >= 15 is 0 Å². The van der Waals surface area contributed by atoms with Gasteiger partial charge in [0.05, 0.1) is 0 Å². The second kappa shape index (κ2) is 6.30. The number of piperidine rings is 1. The van der Waals surface area contributed by atoms with Gasteiger partial charge in [0.15, 0.2) is 0 Å². The summed E-state index contributed by atoms with van der Waals surface area (Å²) in [5.41, 5.74) is 1.26. The molecular weight excluding hydrogens is 227 g/mol. The van der Waals surface area contributed by atoms with Crippen LogP contribution < -0.4 is 5.32 Å².